The van der Waals surface area contributed by atoms with Crippen molar-refractivity contribution in [1.82, 2.24) is 0 Å². The molecule has 1 heterocycles. The van der Waals surface area contributed by atoms with E-state index in [1.165, 1.54) is 5.56 Å². The number of anilines is 1. The smallest absolute Gasteiger partial charge is 0.227 e. The van der Waals surface area contributed by atoms with Crippen LogP contribution >= 0.6 is 0 Å². The van der Waals surface area contributed by atoms with Crippen LogP contribution in [0.4, 0.5) is 5.69 Å². The van der Waals surface area contributed by atoms with E-state index >= 15 is 0 Å². The van der Waals surface area contributed by atoms with Crippen LogP contribution in [0, 0.1) is 0 Å². The summed E-state index contributed by atoms with van der Waals surface area (Å²) in [6.45, 7) is 2.63. The van der Waals surface area contributed by atoms with Crippen LogP contribution in [-0.4, -0.2) is 11.7 Å². The predicted molar refractivity (Wildman–Crippen MR) is 87.0 cm³/mol. The molecule has 0 saturated carbocycles. The Kier molecular flexibility index (Phi) is 4.05. The van der Waals surface area contributed by atoms with E-state index in [0.29, 0.717) is 18.5 Å². The van der Waals surface area contributed by atoms with Gasteiger partial charge in [-0.05, 0) is 29.7 Å². The van der Waals surface area contributed by atoms with Crippen LogP contribution in [0.3, 0.4) is 0 Å². The summed E-state index contributed by atoms with van der Waals surface area (Å²) < 4.78 is 0. The number of carbonyl (C=O) groups is 2. The quantitative estimate of drug-likeness (QED) is 0.864. The van der Waals surface area contributed by atoms with Gasteiger partial charge in [0.1, 0.15) is 0 Å². The number of hydrogen-bond donors (Lipinski definition) is 0. The molecule has 2 aromatic carbocycles. The van der Waals surface area contributed by atoms with E-state index in [4.69, 9.17) is 0 Å². The predicted octanol–water partition coefficient (Wildman–Crippen LogP) is 3.76. The molecule has 0 aromatic heterocycles. The SMILES string of the molecule is CCc1ccc(CN2C(=O)CCC(=O)c3ccccc32)cc1. The van der Waals surface area contributed by atoms with Crippen LogP contribution in [-0.2, 0) is 17.8 Å². The van der Waals surface area contributed by atoms with Gasteiger partial charge in [0.25, 0.3) is 0 Å². The van der Waals surface area contributed by atoms with E-state index in [2.05, 4.69) is 31.2 Å². The van der Waals surface area contributed by atoms with Gasteiger partial charge >= 0.3 is 0 Å². The molecule has 0 fully saturated rings. The highest BCUT2D eigenvalue weighted by atomic mass is 16.2. The molecular formula is C19H19NO2. The molecule has 3 heteroatoms. The first-order chi connectivity index (χ1) is 10.7. The van der Waals surface area contributed by atoms with Gasteiger partial charge in [0.05, 0.1) is 12.2 Å². The second-order valence-corrected chi connectivity index (χ2v) is 5.59. The lowest BCUT2D eigenvalue weighted by Gasteiger charge is -2.22. The number of para-hydroxylation sites is 1. The molecule has 0 bridgehead atoms. The van der Waals surface area contributed by atoms with Crippen molar-refractivity contribution in [3.05, 3.63) is 65.2 Å². The lowest BCUT2D eigenvalue weighted by molar-refractivity contribution is -0.118. The second kappa shape index (κ2) is 6.14. The fourth-order valence-corrected chi connectivity index (χ4v) is 2.81. The van der Waals surface area contributed by atoms with Crippen molar-refractivity contribution in [2.75, 3.05) is 4.90 Å². The van der Waals surface area contributed by atoms with E-state index in [0.717, 1.165) is 17.7 Å². The minimum atomic E-state index is 0.0119. The van der Waals surface area contributed by atoms with E-state index in [1.54, 1.807) is 4.90 Å². The van der Waals surface area contributed by atoms with Crippen molar-refractivity contribution in [3.63, 3.8) is 0 Å². The zero-order chi connectivity index (χ0) is 15.5. The van der Waals surface area contributed by atoms with Gasteiger partial charge in [0.2, 0.25) is 5.91 Å². The third-order valence-corrected chi connectivity index (χ3v) is 4.13. The largest absolute Gasteiger partial charge is 0.307 e. The van der Waals surface area contributed by atoms with Gasteiger partial charge in [0.15, 0.2) is 5.78 Å². The summed E-state index contributed by atoms with van der Waals surface area (Å²) in [6, 6.07) is 15.7. The van der Waals surface area contributed by atoms with Gasteiger partial charge in [0, 0.05) is 18.4 Å². The summed E-state index contributed by atoms with van der Waals surface area (Å²) in [5.41, 5.74) is 3.74. The summed E-state index contributed by atoms with van der Waals surface area (Å²) in [5, 5.41) is 0. The summed E-state index contributed by atoms with van der Waals surface area (Å²) in [5.74, 6) is 0.0608. The molecule has 0 N–H and O–H groups in total. The fourth-order valence-electron chi connectivity index (χ4n) is 2.81. The Hall–Kier alpha value is -2.42. The number of benzene rings is 2. The average Bonchev–Trinajstić information content (AvgIpc) is 2.68. The Morgan fingerprint density at radius 1 is 0.909 bits per heavy atom. The van der Waals surface area contributed by atoms with Crippen LogP contribution in [0.15, 0.2) is 48.5 Å². The lowest BCUT2D eigenvalue weighted by atomic mass is 10.1. The van der Waals surface area contributed by atoms with Gasteiger partial charge < -0.3 is 4.90 Å². The maximum Gasteiger partial charge on any atom is 0.227 e. The Morgan fingerprint density at radius 2 is 1.59 bits per heavy atom. The number of amides is 1. The van der Waals surface area contributed by atoms with Gasteiger partial charge in [-0.25, -0.2) is 0 Å². The highest BCUT2D eigenvalue weighted by molar-refractivity contribution is 6.09. The first-order valence-electron chi connectivity index (χ1n) is 7.69. The fraction of sp³-hybridized carbons (Fsp3) is 0.263. The minimum absolute atomic E-state index is 0.0119. The van der Waals surface area contributed by atoms with Crippen molar-refractivity contribution >= 4 is 17.4 Å². The first kappa shape index (κ1) is 14.5. The molecule has 1 amide bonds. The molecule has 2 aromatic rings. The minimum Gasteiger partial charge on any atom is -0.307 e. The number of nitrogens with zero attached hydrogens (tertiary/aromatic N) is 1. The Bertz CT molecular complexity index is 704. The molecule has 3 nitrogen and oxygen atoms in total. The number of hydrogen-bond acceptors (Lipinski definition) is 2. The Balaban J connectivity index is 1.94. The molecule has 0 radical (unpaired) electrons. The van der Waals surface area contributed by atoms with Crippen LogP contribution in [0.5, 0.6) is 0 Å². The molecule has 1 aliphatic rings. The molecule has 0 atom stereocenters. The second-order valence-electron chi connectivity index (χ2n) is 5.59. The lowest BCUT2D eigenvalue weighted by Crippen LogP contribution is -2.29. The van der Waals surface area contributed by atoms with Gasteiger partial charge in [-0.1, -0.05) is 43.3 Å². The highest BCUT2D eigenvalue weighted by Crippen LogP contribution is 2.28. The number of fused-ring (bicyclic) bond motifs is 1. The van der Waals surface area contributed by atoms with E-state index in [-0.39, 0.29) is 18.1 Å². The molecular weight excluding hydrogens is 274 g/mol. The topological polar surface area (TPSA) is 37.4 Å². The van der Waals surface area contributed by atoms with Crippen LogP contribution in [0.2, 0.25) is 0 Å². The number of aryl methyl sites for hydroxylation is 1. The van der Waals surface area contributed by atoms with Crippen molar-refractivity contribution in [2.45, 2.75) is 32.7 Å². The van der Waals surface area contributed by atoms with Crippen LogP contribution < -0.4 is 4.90 Å². The van der Waals surface area contributed by atoms with Gasteiger partial charge in [-0.2, -0.15) is 0 Å². The van der Waals surface area contributed by atoms with E-state index in [1.807, 2.05) is 24.3 Å². The number of ketones is 1. The van der Waals surface area contributed by atoms with Crippen LogP contribution in [0.1, 0.15) is 41.3 Å². The Morgan fingerprint density at radius 3 is 2.32 bits per heavy atom. The summed E-state index contributed by atoms with van der Waals surface area (Å²) in [7, 11) is 0. The van der Waals surface area contributed by atoms with E-state index in [9.17, 15) is 9.59 Å². The van der Waals surface area contributed by atoms with Gasteiger partial charge in [-0.3, -0.25) is 9.59 Å². The number of carbonyl (C=O) groups excluding carboxylic acids is 2. The summed E-state index contributed by atoms with van der Waals surface area (Å²) >= 11 is 0. The highest BCUT2D eigenvalue weighted by Gasteiger charge is 2.26. The summed E-state index contributed by atoms with van der Waals surface area (Å²) in [4.78, 5) is 26.3. The van der Waals surface area contributed by atoms with Crippen molar-refractivity contribution in [2.24, 2.45) is 0 Å². The third-order valence-electron chi connectivity index (χ3n) is 4.13. The number of Topliss-reactive ketones (excluding diaryl/α,β-unsaturated/α-hetero) is 1. The molecule has 22 heavy (non-hydrogen) atoms. The first-order valence-corrected chi connectivity index (χ1v) is 7.69. The molecule has 0 saturated heterocycles. The van der Waals surface area contributed by atoms with E-state index < -0.39 is 0 Å². The summed E-state index contributed by atoms with van der Waals surface area (Å²) in [6.07, 6.45) is 1.57. The van der Waals surface area contributed by atoms with Crippen molar-refractivity contribution < 1.29 is 9.59 Å². The molecule has 1 aliphatic heterocycles. The molecule has 0 spiro atoms. The monoisotopic (exact) mass is 293 g/mol. The zero-order valence-electron chi connectivity index (χ0n) is 12.7. The molecule has 0 unspecified atom stereocenters. The average molecular weight is 293 g/mol. The molecule has 3 rings (SSSR count). The van der Waals surface area contributed by atoms with Crippen molar-refractivity contribution in [1.29, 1.82) is 0 Å². The maximum atomic E-state index is 12.4. The molecule has 0 aliphatic carbocycles. The van der Waals surface area contributed by atoms with Crippen LogP contribution in [0.25, 0.3) is 0 Å². The Labute approximate surface area is 130 Å². The molecule has 112 valence electrons. The standard InChI is InChI=1S/C19H19NO2/c1-2-14-7-9-15(10-8-14)13-20-17-6-4-3-5-16(17)18(21)11-12-19(20)22/h3-10H,2,11-13H2,1H3. The third kappa shape index (κ3) is 2.80. The normalized spacial score (nSPS) is 14.7. The number of rotatable bonds is 3. The zero-order valence-corrected chi connectivity index (χ0v) is 12.7. The van der Waals surface area contributed by atoms with Crippen molar-refractivity contribution in [3.8, 4) is 0 Å². The maximum absolute atomic E-state index is 12.4. The van der Waals surface area contributed by atoms with Gasteiger partial charge in [-0.15, -0.1) is 0 Å².